The van der Waals surface area contributed by atoms with Crippen LogP contribution < -0.4 is 5.32 Å². The van der Waals surface area contributed by atoms with Crippen molar-refractivity contribution >= 4 is 5.82 Å². The van der Waals surface area contributed by atoms with Gasteiger partial charge in [0.05, 0.1) is 11.9 Å². The van der Waals surface area contributed by atoms with Gasteiger partial charge in [-0.1, -0.05) is 97.1 Å². The molecule has 0 fully saturated rings. The van der Waals surface area contributed by atoms with E-state index in [0.29, 0.717) is 17.2 Å². The van der Waals surface area contributed by atoms with Gasteiger partial charge >= 0.3 is 0 Å². The lowest BCUT2D eigenvalue weighted by atomic mass is 10.0. The van der Waals surface area contributed by atoms with Crippen molar-refractivity contribution in [3.05, 3.63) is 126 Å². The second-order valence-electron chi connectivity index (χ2n) is 8.38. The Kier molecular flexibility index (Phi) is 9.12. The molecule has 1 unspecified atom stereocenters. The SMILES string of the molecule is C=C(CCC(/C=C\C)=C/C=C(C)C)Nc1ncc(-c2ccccc2)nc1C(O)c1ccccc1. The Morgan fingerprint density at radius 1 is 1.00 bits per heavy atom. The number of benzene rings is 2. The molecule has 1 heterocycles. The first-order valence-electron chi connectivity index (χ1n) is 11.5. The van der Waals surface area contributed by atoms with Gasteiger partial charge in [0, 0.05) is 11.3 Å². The number of nitrogens with zero attached hydrogens (tertiary/aromatic N) is 2. The topological polar surface area (TPSA) is 58.0 Å². The van der Waals surface area contributed by atoms with E-state index >= 15 is 0 Å². The van der Waals surface area contributed by atoms with Crippen LogP contribution >= 0.6 is 0 Å². The molecule has 0 radical (unpaired) electrons. The molecule has 0 aliphatic heterocycles. The summed E-state index contributed by atoms with van der Waals surface area (Å²) in [6, 6.07) is 19.4. The van der Waals surface area contributed by atoms with E-state index in [1.54, 1.807) is 6.20 Å². The van der Waals surface area contributed by atoms with Gasteiger partial charge in [-0.25, -0.2) is 9.97 Å². The molecule has 174 valence electrons. The number of hydrogen-bond donors (Lipinski definition) is 2. The van der Waals surface area contributed by atoms with Crippen LogP contribution in [0, 0.1) is 0 Å². The summed E-state index contributed by atoms with van der Waals surface area (Å²) in [5.74, 6) is 0.516. The highest BCUT2D eigenvalue weighted by Crippen LogP contribution is 2.29. The molecular formula is C30H33N3O. The molecule has 0 amide bonds. The van der Waals surface area contributed by atoms with Crippen molar-refractivity contribution in [1.29, 1.82) is 0 Å². The first-order chi connectivity index (χ1) is 16.5. The summed E-state index contributed by atoms with van der Waals surface area (Å²) in [5, 5.41) is 14.5. The molecule has 34 heavy (non-hydrogen) atoms. The van der Waals surface area contributed by atoms with Crippen LogP contribution in [-0.4, -0.2) is 15.1 Å². The minimum absolute atomic E-state index is 0.475. The van der Waals surface area contributed by atoms with E-state index in [1.807, 2.05) is 73.7 Å². The minimum Gasteiger partial charge on any atom is -0.382 e. The number of nitrogens with one attached hydrogen (secondary N) is 1. The van der Waals surface area contributed by atoms with Crippen LogP contribution in [0.3, 0.4) is 0 Å². The Bertz CT molecular complexity index is 1170. The van der Waals surface area contributed by atoms with Gasteiger partial charge in [-0.3, -0.25) is 0 Å². The number of anilines is 1. The Morgan fingerprint density at radius 2 is 1.68 bits per heavy atom. The predicted octanol–water partition coefficient (Wildman–Crippen LogP) is 7.40. The average molecular weight is 452 g/mol. The minimum atomic E-state index is -0.913. The molecular weight excluding hydrogens is 418 g/mol. The molecule has 0 bridgehead atoms. The zero-order valence-electron chi connectivity index (χ0n) is 20.2. The van der Waals surface area contributed by atoms with Crippen LogP contribution in [0.5, 0.6) is 0 Å². The van der Waals surface area contributed by atoms with E-state index in [9.17, 15) is 5.11 Å². The average Bonchev–Trinajstić information content (AvgIpc) is 2.86. The summed E-state index contributed by atoms with van der Waals surface area (Å²) in [7, 11) is 0. The molecule has 2 aromatic carbocycles. The van der Waals surface area contributed by atoms with Gasteiger partial charge in [0.2, 0.25) is 0 Å². The summed E-state index contributed by atoms with van der Waals surface area (Å²) in [4.78, 5) is 9.43. The Morgan fingerprint density at radius 3 is 2.32 bits per heavy atom. The van der Waals surface area contributed by atoms with Crippen LogP contribution in [0.2, 0.25) is 0 Å². The fourth-order valence-corrected chi connectivity index (χ4v) is 3.47. The third kappa shape index (κ3) is 7.12. The molecule has 0 saturated heterocycles. The number of aliphatic hydroxyl groups excluding tert-OH is 1. The molecule has 0 saturated carbocycles. The van der Waals surface area contributed by atoms with E-state index < -0.39 is 6.10 Å². The highest BCUT2D eigenvalue weighted by atomic mass is 16.3. The molecule has 0 aliphatic carbocycles. The fourth-order valence-electron chi connectivity index (χ4n) is 3.47. The van der Waals surface area contributed by atoms with Gasteiger partial charge in [-0.05, 0) is 44.7 Å². The van der Waals surface area contributed by atoms with E-state index in [-0.39, 0.29) is 0 Å². The van der Waals surface area contributed by atoms with Gasteiger partial charge in [0.1, 0.15) is 11.8 Å². The normalized spacial score (nSPS) is 12.4. The summed E-state index contributed by atoms with van der Waals surface area (Å²) in [6.45, 7) is 10.4. The second kappa shape index (κ2) is 12.5. The standard InChI is InChI=1S/C30H33N3O/c1-5-12-24(19-17-22(2)3)20-18-23(4)32-30-28(29(34)26-15-10-7-11-16-26)33-27(21-31-30)25-13-8-6-9-14-25/h5-17,19,21,29,34H,4,18,20H2,1-3H3,(H,31,32)/b12-5-,24-19+. The predicted molar refractivity (Wildman–Crippen MR) is 142 cm³/mol. The molecule has 1 aromatic heterocycles. The molecule has 0 spiro atoms. The smallest absolute Gasteiger partial charge is 0.155 e. The van der Waals surface area contributed by atoms with Crippen LogP contribution in [0.4, 0.5) is 5.82 Å². The van der Waals surface area contributed by atoms with Crippen molar-refractivity contribution in [3.63, 3.8) is 0 Å². The summed E-state index contributed by atoms with van der Waals surface area (Å²) < 4.78 is 0. The Labute approximate surface area is 203 Å². The highest BCUT2D eigenvalue weighted by molar-refractivity contribution is 5.61. The van der Waals surface area contributed by atoms with Gasteiger partial charge in [0.25, 0.3) is 0 Å². The van der Waals surface area contributed by atoms with Gasteiger partial charge in [-0.15, -0.1) is 0 Å². The van der Waals surface area contributed by atoms with Crippen LogP contribution in [-0.2, 0) is 0 Å². The molecule has 0 aliphatic rings. The van der Waals surface area contributed by atoms with Crippen molar-refractivity contribution in [1.82, 2.24) is 9.97 Å². The third-order valence-corrected chi connectivity index (χ3v) is 5.27. The van der Waals surface area contributed by atoms with Crippen molar-refractivity contribution in [2.75, 3.05) is 5.32 Å². The number of rotatable bonds is 10. The first kappa shape index (κ1) is 24.9. The van der Waals surface area contributed by atoms with Gasteiger partial charge in [0.15, 0.2) is 5.82 Å². The zero-order chi connectivity index (χ0) is 24.3. The van der Waals surface area contributed by atoms with E-state index in [2.05, 4.69) is 49.0 Å². The molecule has 3 rings (SSSR count). The lowest BCUT2D eigenvalue weighted by molar-refractivity contribution is 0.216. The maximum atomic E-state index is 11.2. The van der Waals surface area contributed by atoms with Crippen LogP contribution in [0.25, 0.3) is 11.3 Å². The van der Waals surface area contributed by atoms with Gasteiger partial charge in [-0.2, -0.15) is 0 Å². The number of aliphatic hydroxyl groups is 1. The third-order valence-electron chi connectivity index (χ3n) is 5.27. The molecule has 4 nitrogen and oxygen atoms in total. The van der Waals surface area contributed by atoms with Gasteiger partial charge < -0.3 is 10.4 Å². The highest BCUT2D eigenvalue weighted by Gasteiger charge is 2.19. The fraction of sp³-hybridized carbons (Fsp3) is 0.200. The van der Waals surface area contributed by atoms with Crippen molar-refractivity contribution < 1.29 is 5.11 Å². The monoisotopic (exact) mass is 451 g/mol. The largest absolute Gasteiger partial charge is 0.382 e. The van der Waals surface area contributed by atoms with Crippen LogP contribution in [0.15, 0.2) is 115 Å². The van der Waals surface area contributed by atoms with Crippen molar-refractivity contribution in [3.8, 4) is 11.3 Å². The molecule has 4 heteroatoms. The number of aromatic nitrogens is 2. The van der Waals surface area contributed by atoms with Crippen LogP contribution in [0.1, 0.15) is 51.0 Å². The molecule has 2 N–H and O–H groups in total. The first-order valence-corrected chi connectivity index (χ1v) is 11.5. The molecule has 3 aromatic rings. The summed E-state index contributed by atoms with van der Waals surface area (Å²) in [5.41, 5.74) is 6.19. The number of hydrogen-bond acceptors (Lipinski definition) is 4. The lowest BCUT2D eigenvalue weighted by Gasteiger charge is -2.18. The summed E-state index contributed by atoms with van der Waals surface area (Å²) >= 11 is 0. The Hall–Kier alpha value is -3.76. The van der Waals surface area contributed by atoms with E-state index in [4.69, 9.17) is 4.98 Å². The molecule has 1 atom stereocenters. The maximum absolute atomic E-state index is 11.2. The lowest BCUT2D eigenvalue weighted by Crippen LogP contribution is -2.11. The van der Waals surface area contributed by atoms with E-state index in [1.165, 1.54) is 11.1 Å². The van der Waals surface area contributed by atoms with E-state index in [0.717, 1.165) is 29.7 Å². The maximum Gasteiger partial charge on any atom is 0.155 e. The second-order valence-corrected chi connectivity index (χ2v) is 8.38. The van der Waals surface area contributed by atoms with Crippen molar-refractivity contribution in [2.24, 2.45) is 0 Å². The van der Waals surface area contributed by atoms with Crippen molar-refractivity contribution in [2.45, 2.75) is 39.7 Å². The number of allylic oxidation sites excluding steroid dienone is 7. The quantitative estimate of drug-likeness (QED) is 0.315. The summed E-state index contributed by atoms with van der Waals surface area (Å²) in [6.07, 6.45) is 10.8. The Balaban J connectivity index is 1.85. The zero-order valence-corrected chi connectivity index (χ0v) is 20.2.